The summed E-state index contributed by atoms with van der Waals surface area (Å²) < 4.78 is 10.9. The van der Waals surface area contributed by atoms with E-state index >= 15 is 0 Å². The standard InChI is InChI=1S/C22H17N5O2/c1-28-22-26-20-9-8-17-14-18(20)21(27-22)25-19-7-3-2-6-16(19)15-24-12-11-23-10-4-5-13-29-17/h2-15H,1H3. The van der Waals surface area contributed by atoms with Crippen molar-refractivity contribution in [2.45, 2.75) is 0 Å². The summed E-state index contributed by atoms with van der Waals surface area (Å²) in [5.41, 5.74) is 2.55. The van der Waals surface area contributed by atoms with Crippen LogP contribution in [-0.4, -0.2) is 32.0 Å². The van der Waals surface area contributed by atoms with Crippen molar-refractivity contribution in [1.29, 1.82) is 0 Å². The van der Waals surface area contributed by atoms with E-state index in [9.17, 15) is 0 Å². The average Bonchev–Trinajstić information content (AvgIpc) is 2.75. The van der Waals surface area contributed by atoms with Crippen LogP contribution in [0.15, 0.2) is 90.1 Å². The molecule has 0 N–H and O–H groups in total. The molecule has 0 fully saturated rings. The summed E-state index contributed by atoms with van der Waals surface area (Å²) in [5.74, 6) is 0. The molecule has 0 unspecified atom stereocenters. The lowest BCUT2D eigenvalue weighted by molar-refractivity contribution is 0.383. The van der Waals surface area contributed by atoms with Crippen molar-refractivity contribution in [1.82, 2.24) is 24.9 Å². The molecule has 7 nitrogen and oxygen atoms in total. The summed E-state index contributed by atoms with van der Waals surface area (Å²) in [5, 5.41) is 1.59. The van der Waals surface area contributed by atoms with Gasteiger partial charge in [-0.05, 0) is 36.4 Å². The number of hydrogen-bond donors (Lipinski definition) is 0. The first-order chi connectivity index (χ1) is 14.3. The van der Waals surface area contributed by atoms with E-state index in [1.807, 2.05) is 42.5 Å². The Labute approximate surface area is 166 Å². The van der Waals surface area contributed by atoms with Gasteiger partial charge in [-0.15, -0.1) is 0 Å². The first-order valence-electron chi connectivity index (χ1n) is 8.86. The van der Waals surface area contributed by atoms with Crippen molar-refractivity contribution in [2.75, 3.05) is 7.11 Å². The molecule has 2 aromatic carbocycles. The van der Waals surface area contributed by atoms with E-state index in [-0.39, 0.29) is 6.01 Å². The topological polar surface area (TPSA) is 86.8 Å². The van der Waals surface area contributed by atoms with Gasteiger partial charge in [-0.3, -0.25) is 9.97 Å². The predicted molar refractivity (Wildman–Crippen MR) is 111 cm³/mol. The summed E-state index contributed by atoms with van der Waals surface area (Å²) in [4.78, 5) is 22.0. The molecule has 0 saturated carbocycles. The maximum Gasteiger partial charge on any atom is 0.318 e. The second kappa shape index (κ2) is 8.71. The van der Waals surface area contributed by atoms with Crippen molar-refractivity contribution in [2.24, 2.45) is 0 Å². The van der Waals surface area contributed by atoms with Gasteiger partial charge in [0.1, 0.15) is 5.58 Å². The molecule has 142 valence electrons. The van der Waals surface area contributed by atoms with E-state index in [1.54, 1.807) is 43.2 Å². The van der Waals surface area contributed by atoms with Crippen LogP contribution in [0.1, 0.15) is 0 Å². The number of para-hydroxylation sites is 1. The lowest BCUT2D eigenvalue weighted by atomic mass is 10.2. The minimum Gasteiger partial charge on any atom is -0.467 e. The third-order valence-electron chi connectivity index (χ3n) is 3.99. The van der Waals surface area contributed by atoms with E-state index in [2.05, 4.69) is 19.9 Å². The SMILES string of the molecule is COc1nc2ccc3cc2c(n1)nc1ccccc1cnccncccco3. The number of rotatable bonds is 1. The highest BCUT2D eigenvalue weighted by molar-refractivity contribution is 5.94. The lowest BCUT2D eigenvalue weighted by Gasteiger charge is -2.02. The van der Waals surface area contributed by atoms with Crippen LogP contribution >= 0.6 is 0 Å². The minimum atomic E-state index is 0.247. The van der Waals surface area contributed by atoms with E-state index < -0.39 is 0 Å². The van der Waals surface area contributed by atoms with Gasteiger partial charge in [0, 0.05) is 35.6 Å². The molecule has 0 radical (unpaired) electrons. The molecule has 29 heavy (non-hydrogen) atoms. The van der Waals surface area contributed by atoms with Gasteiger partial charge in [0.15, 0.2) is 5.65 Å². The Bertz CT molecular complexity index is 1320. The second-order valence-electron chi connectivity index (χ2n) is 5.90. The first-order valence-corrected chi connectivity index (χ1v) is 8.86. The lowest BCUT2D eigenvalue weighted by Crippen LogP contribution is -1.94. The molecule has 2 bridgehead atoms. The van der Waals surface area contributed by atoms with Crippen molar-refractivity contribution >= 4 is 33.0 Å². The Hall–Kier alpha value is -4.13. The number of hydrogen-bond acceptors (Lipinski definition) is 7. The molecule has 0 aliphatic rings. The number of nitrogens with zero attached hydrogens (tertiary/aromatic N) is 5. The van der Waals surface area contributed by atoms with Crippen molar-refractivity contribution in [3.63, 3.8) is 0 Å². The monoisotopic (exact) mass is 383 g/mol. The molecule has 0 aliphatic heterocycles. The Morgan fingerprint density at radius 2 is 1.69 bits per heavy atom. The van der Waals surface area contributed by atoms with Gasteiger partial charge in [0.25, 0.3) is 0 Å². The summed E-state index contributed by atoms with van der Waals surface area (Å²) in [6.07, 6.45) is 8.15. The maximum absolute atomic E-state index is 5.67. The fourth-order valence-electron chi connectivity index (χ4n) is 2.65. The zero-order chi connectivity index (χ0) is 19.9. The zero-order valence-corrected chi connectivity index (χ0v) is 15.6. The summed E-state index contributed by atoms with van der Waals surface area (Å²) in [6.45, 7) is 0. The molecule has 0 amide bonds. The van der Waals surface area contributed by atoms with Crippen molar-refractivity contribution in [3.05, 3.63) is 85.6 Å². The van der Waals surface area contributed by atoms with Gasteiger partial charge in [-0.25, -0.2) is 4.98 Å². The van der Waals surface area contributed by atoms with Gasteiger partial charge >= 0.3 is 6.01 Å². The predicted octanol–water partition coefficient (Wildman–Crippen LogP) is 4.53. The Kier molecular flexibility index (Phi) is 5.48. The van der Waals surface area contributed by atoms with Crippen LogP contribution in [0.2, 0.25) is 0 Å². The number of ether oxygens (including phenoxy) is 1. The van der Waals surface area contributed by atoms with Crippen LogP contribution in [0.5, 0.6) is 6.01 Å². The van der Waals surface area contributed by atoms with Crippen LogP contribution in [0, 0.1) is 0 Å². The fraction of sp³-hybridized carbons (Fsp3) is 0.0455. The van der Waals surface area contributed by atoms with Crippen molar-refractivity contribution in [3.8, 4) is 6.01 Å². The fourth-order valence-corrected chi connectivity index (χ4v) is 2.65. The molecule has 0 saturated heterocycles. The third kappa shape index (κ3) is 4.41. The van der Waals surface area contributed by atoms with Crippen molar-refractivity contribution < 1.29 is 9.15 Å². The summed E-state index contributed by atoms with van der Waals surface area (Å²) in [7, 11) is 1.53. The summed E-state index contributed by atoms with van der Waals surface area (Å²) >= 11 is 0. The number of fused-ring (bicyclic) bond motifs is 2. The normalized spacial score (nSPS) is 10.2. The second-order valence-corrected chi connectivity index (χ2v) is 5.90. The van der Waals surface area contributed by atoms with Gasteiger partial charge < -0.3 is 9.15 Å². The average molecular weight is 383 g/mol. The molecule has 4 rings (SSSR count). The molecule has 0 atom stereocenters. The zero-order valence-electron chi connectivity index (χ0n) is 15.6. The van der Waals surface area contributed by atoms with E-state index in [1.165, 1.54) is 7.11 Å². The van der Waals surface area contributed by atoms with Crippen LogP contribution < -0.4 is 4.74 Å². The summed E-state index contributed by atoms with van der Waals surface area (Å²) in [6, 6.07) is 16.9. The van der Waals surface area contributed by atoms with Gasteiger partial charge in [-0.2, -0.15) is 9.97 Å². The first kappa shape index (κ1) is 18.2. The molecule has 0 spiro atoms. The largest absolute Gasteiger partial charge is 0.467 e. The van der Waals surface area contributed by atoms with Gasteiger partial charge in [0.05, 0.1) is 24.4 Å². The third-order valence-corrected chi connectivity index (χ3v) is 3.99. The highest BCUT2D eigenvalue weighted by Crippen LogP contribution is 2.21. The van der Waals surface area contributed by atoms with Crippen LogP contribution in [0.3, 0.4) is 0 Å². The van der Waals surface area contributed by atoms with Crippen LogP contribution in [0.25, 0.3) is 33.0 Å². The van der Waals surface area contributed by atoms with E-state index in [0.29, 0.717) is 16.7 Å². The Morgan fingerprint density at radius 3 is 2.62 bits per heavy atom. The number of methoxy groups -OCH3 is 1. The molecule has 2 aromatic heterocycles. The van der Waals surface area contributed by atoms with Crippen LogP contribution in [0.4, 0.5) is 0 Å². The Balaban J connectivity index is 2.15. The van der Waals surface area contributed by atoms with Gasteiger partial charge in [-0.1, -0.05) is 18.2 Å². The molecule has 4 aromatic rings. The molecule has 7 heteroatoms. The maximum atomic E-state index is 5.67. The highest BCUT2D eigenvalue weighted by atomic mass is 16.5. The van der Waals surface area contributed by atoms with Crippen LogP contribution in [-0.2, 0) is 0 Å². The smallest absolute Gasteiger partial charge is 0.318 e. The van der Waals surface area contributed by atoms with E-state index in [4.69, 9.17) is 14.1 Å². The highest BCUT2D eigenvalue weighted by Gasteiger charge is 2.06. The number of aromatic nitrogens is 5. The Morgan fingerprint density at radius 1 is 0.793 bits per heavy atom. The molecule has 0 aliphatic carbocycles. The molecular weight excluding hydrogens is 366 g/mol. The minimum absolute atomic E-state index is 0.247. The molecular formula is C22H17N5O2. The molecule has 2 heterocycles. The quantitative estimate of drug-likeness (QED) is 0.477. The number of benzene rings is 2. The van der Waals surface area contributed by atoms with Gasteiger partial charge in [0.2, 0.25) is 0 Å². The van der Waals surface area contributed by atoms with E-state index in [0.717, 1.165) is 16.3 Å².